The lowest BCUT2D eigenvalue weighted by molar-refractivity contribution is 0.0549. The number of hydrogen-bond acceptors (Lipinski definition) is 5. The van der Waals surface area contributed by atoms with E-state index in [1.54, 1.807) is 7.11 Å². The Bertz CT molecular complexity index is 507. The summed E-state index contributed by atoms with van der Waals surface area (Å²) in [5.74, 6) is 2.71. The Balaban J connectivity index is 1.64. The van der Waals surface area contributed by atoms with Gasteiger partial charge in [0, 0.05) is 37.4 Å². The second-order valence-electron chi connectivity index (χ2n) is 6.40. The highest BCUT2D eigenvalue weighted by Crippen LogP contribution is 2.31. The van der Waals surface area contributed by atoms with E-state index >= 15 is 0 Å². The van der Waals surface area contributed by atoms with E-state index in [0.717, 1.165) is 38.4 Å². The first-order valence-electron chi connectivity index (χ1n) is 8.46. The van der Waals surface area contributed by atoms with Crippen molar-refractivity contribution in [3.05, 3.63) is 17.1 Å². The van der Waals surface area contributed by atoms with Gasteiger partial charge in [-0.05, 0) is 39.0 Å². The van der Waals surface area contributed by atoms with Crippen molar-refractivity contribution < 1.29 is 9.47 Å². The SMILES string of the molecule is COCCOCC1CCN(c2nc(C)nc3c2CCCC3)C1. The van der Waals surface area contributed by atoms with Crippen LogP contribution >= 0.6 is 0 Å². The second-order valence-corrected chi connectivity index (χ2v) is 6.40. The lowest BCUT2D eigenvalue weighted by Crippen LogP contribution is -2.26. The summed E-state index contributed by atoms with van der Waals surface area (Å²) in [6.45, 7) is 6.34. The third-order valence-electron chi connectivity index (χ3n) is 4.64. The Morgan fingerprint density at radius 3 is 2.91 bits per heavy atom. The summed E-state index contributed by atoms with van der Waals surface area (Å²) in [6, 6.07) is 0. The Labute approximate surface area is 133 Å². The molecule has 0 radical (unpaired) electrons. The molecule has 0 bridgehead atoms. The van der Waals surface area contributed by atoms with Crippen molar-refractivity contribution in [1.29, 1.82) is 0 Å². The fourth-order valence-corrected chi connectivity index (χ4v) is 3.51. The van der Waals surface area contributed by atoms with E-state index in [9.17, 15) is 0 Å². The van der Waals surface area contributed by atoms with Crippen LogP contribution in [0.5, 0.6) is 0 Å². The predicted octanol–water partition coefficient (Wildman–Crippen LogP) is 2.15. The summed E-state index contributed by atoms with van der Waals surface area (Å²) >= 11 is 0. The maximum atomic E-state index is 5.69. The fourth-order valence-electron chi connectivity index (χ4n) is 3.51. The average Bonchev–Trinajstić information content (AvgIpc) is 2.99. The van der Waals surface area contributed by atoms with Gasteiger partial charge in [-0.15, -0.1) is 0 Å². The predicted molar refractivity (Wildman–Crippen MR) is 86.4 cm³/mol. The highest BCUT2D eigenvalue weighted by atomic mass is 16.5. The van der Waals surface area contributed by atoms with E-state index in [2.05, 4.69) is 9.88 Å². The third-order valence-corrected chi connectivity index (χ3v) is 4.64. The molecule has 1 aliphatic carbocycles. The highest BCUT2D eigenvalue weighted by molar-refractivity contribution is 5.51. The topological polar surface area (TPSA) is 47.5 Å². The molecular formula is C17H27N3O2. The first kappa shape index (κ1) is 15.7. The number of fused-ring (bicyclic) bond motifs is 1. The number of aromatic nitrogens is 2. The van der Waals surface area contributed by atoms with Crippen LogP contribution in [0.1, 0.15) is 36.3 Å². The molecule has 0 spiro atoms. The first-order chi connectivity index (χ1) is 10.8. The first-order valence-corrected chi connectivity index (χ1v) is 8.46. The van der Waals surface area contributed by atoms with Crippen LogP contribution in [0.25, 0.3) is 0 Å². The third kappa shape index (κ3) is 3.58. The molecule has 5 nitrogen and oxygen atoms in total. The van der Waals surface area contributed by atoms with Gasteiger partial charge in [-0.2, -0.15) is 0 Å². The van der Waals surface area contributed by atoms with Crippen LogP contribution < -0.4 is 4.90 Å². The van der Waals surface area contributed by atoms with Crippen LogP contribution in [0.2, 0.25) is 0 Å². The van der Waals surface area contributed by atoms with Gasteiger partial charge in [0.1, 0.15) is 11.6 Å². The summed E-state index contributed by atoms with van der Waals surface area (Å²) in [6.07, 6.45) is 5.97. The molecule has 5 heteroatoms. The molecule has 1 unspecified atom stereocenters. The molecule has 0 N–H and O–H groups in total. The summed E-state index contributed by atoms with van der Waals surface area (Å²) in [5, 5.41) is 0. The summed E-state index contributed by atoms with van der Waals surface area (Å²) in [7, 11) is 1.71. The number of ether oxygens (including phenoxy) is 2. The van der Waals surface area contributed by atoms with Crippen molar-refractivity contribution >= 4 is 5.82 Å². The molecule has 1 atom stereocenters. The Hall–Kier alpha value is -1.20. The molecule has 2 heterocycles. The average molecular weight is 305 g/mol. The zero-order valence-electron chi connectivity index (χ0n) is 13.8. The smallest absolute Gasteiger partial charge is 0.135 e. The Kier molecular flexibility index (Phi) is 5.26. The van der Waals surface area contributed by atoms with Gasteiger partial charge < -0.3 is 14.4 Å². The van der Waals surface area contributed by atoms with Crippen LogP contribution in [0.15, 0.2) is 0 Å². The van der Waals surface area contributed by atoms with Crippen LogP contribution in [0, 0.1) is 12.8 Å². The maximum absolute atomic E-state index is 5.69. The zero-order valence-corrected chi connectivity index (χ0v) is 13.8. The van der Waals surface area contributed by atoms with Gasteiger partial charge in [0.15, 0.2) is 0 Å². The lowest BCUT2D eigenvalue weighted by Gasteiger charge is -2.25. The molecule has 1 aliphatic heterocycles. The molecule has 22 heavy (non-hydrogen) atoms. The van der Waals surface area contributed by atoms with E-state index in [0.29, 0.717) is 19.1 Å². The molecule has 3 rings (SSSR count). The normalized spacial score (nSPS) is 21.2. The van der Waals surface area contributed by atoms with Gasteiger partial charge in [-0.25, -0.2) is 9.97 Å². The molecule has 1 aromatic heterocycles. The molecular weight excluding hydrogens is 278 g/mol. The second kappa shape index (κ2) is 7.38. The van der Waals surface area contributed by atoms with E-state index in [-0.39, 0.29) is 0 Å². The molecule has 0 amide bonds. The molecule has 0 saturated carbocycles. The number of anilines is 1. The van der Waals surface area contributed by atoms with Crippen LogP contribution in [0.3, 0.4) is 0 Å². The van der Waals surface area contributed by atoms with Gasteiger partial charge in [0.2, 0.25) is 0 Å². The number of hydrogen-bond donors (Lipinski definition) is 0. The Morgan fingerprint density at radius 1 is 1.18 bits per heavy atom. The van der Waals surface area contributed by atoms with Crippen molar-refractivity contribution in [2.45, 2.75) is 39.0 Å². The van der Waals surface area contributed by atoms with Gasteiger partial charge >= 0.3 is 0 Å². The van der Waals surface area contributed by atoms with E-state index in [1.165, 1.54) is 36.3 Å². The van der Waals surface area contributed by atoms with E-state index in [1.807, 2.05) is 6.92 Å². The highest BCUT2D eigenvalue weighted by Gasteiger charge is 2.27. The van der Waals surface area contributed by atoms with Crippen molar-refractivity contribution in [2.24, 2.45) is 5.92 Å². The maximum Gasteiger partial charge on any atom is 0.135 e. The quantitative estimate of drug-likeness (QED) is 0.754. The van der Waals surface area contributed by atoms with Crippen LogP contribution in [0.4, 0.5) is 5.82 Å². The minimum absolute atomic E-state index is 0.603. The molecule has 1 saturated heterocycles. The fraction of sp³-hybridized carbons (Fsp3) is 0.765. The zero-order chi connectivity index (χ0) is 15.4. The molecule has 122 valence electrons. The molecule has 2 aliphatic rings. The standard InChI is InChI=1S/C17H27N3O2/c1-13-18-16-6-4-3-5-15(16)17(19-13)20-8-7-14(11-20)12-22-10-9-21-2/h14H,3-12H2,1-2H3. The molecule has 1 aromatic rings. The van der Waals surface area contributed by atoms with Gasteiger partial charge in [0.25, 0.3) is 0 Å². The summed E-state index contributed by atoms with van der Waals surface area (Å²) < 4.78 is 10.7. The van der Waals surface area contributed by atoms with E-state index in [4.69, 9.17) is 14.5 Å². The van der Waals surface area contributed by atoms with Crippen molar-refractivity contribution in [3.63, 3.8) is 0 Å². The number of rotatable bonds is 6. The summed E-state index contributed by atoms with van der Waals surface area (Å²) in [4.78, 5) is 11.9. The van der Waals surface area contributed by atoms with Gasteiger partial charge in [0.05, 0.1) is 19.8 Å². The minimum atomic E-state index is 0.603. The number of nitrogens with zero attached hydrogens (tertiary/aromatic N) is 3. The van der Waals surface area contributed by atoms with Gasteiger partial charge in [-0.1, -0.05) is 0 Å². The number of methoxy groups -OCH3 is 1. The van der Waals surface area contributed by atoms with Crippen LogP contribution in [-0.4, -0.2) is 50.0 Å². The van der Waals surface area contributed by atoms with Crippen LogP contribution in [-0.2, 0) is 22.3 Å². The lowest BCUT2D eigenvalue weighted by atomic mass is 9.96. The Morgan fingerprint density at radius 2 is 2.05 bits per heavy atom. The number of aryl methyl sites for hydroxylation is 2. The largest absolute Gasteiger partial charge is 0.382 e. The van der Waals surface area contributed by atoms with Gasteiger partial charge in [-0.3, -0.25) is 0 Å². The molecule has 0 aromatic carbocycles. The van der Waals surface area contributed by atoms with Crippen molar-refractivity contribution in [2.75, 3.05) is 44.9 Å². The molecule has 1 fully saturated rings. The van der Waals surface area contributed by atoms with Crippen molar-refractivity contribution in [3.8, 4) is 0 Å². The van der Waals surface area contributed by atoms with E-state index < -0.39 is 0 Å². The minimum Gasteiger partial charge on any atom is -0.382 e. The van der Waals surface area contributed by atoms with Crippen molar-refractivity contribution in [1.82, 2.24) is 9.97 Å². The monoisotopic (exact) mass is 305 g/mol. The summed E-state index contributed by atoms with van der Waals surface area (Å²) in [5.41, 5.74) is 2.69.